The monoisotopic (exact) mass is 422 g/mol. The number of halogens is 1. The van der Waals surface area contributed by atoms with E-state index in [-0.39, 0.29) is 17.1 Å². The number of thioether (sulfide) groups is 1. The van der Waals surface area contributed by atoms with Gasteiger partial charge in [-0.1, -0.05) is 48.0 Å². The molecule has 3 aromatic rings. The number of benzene rings is 3. The molecule has 0 radical (unpaired) electrons. The Morgan fingerprint density at radius 2 is 1.86 bits per heavy atom. The van der Waals surface area contributed by atoms with Crippen molar-refractivity contribution in [2.75, 3.05) is 5.32 Å². The van der Waals surface area contributed by atoms with Crippen LogP contribution in [0.15, 0.2) is 77.7 Å². The summed E-state index contributed by atoms with van der Waals surface area (Å²) in [4.78, 5) is 25.7. The third kappa shape index (κ3) is 4.81. The highest BCUT2D eigenvalue weighted by molar-refractivity contribution is 7.99. The molecular formula is C23H19ClN2O2S. The van der Waals surface area contributed by atoms with Gasteiger partial charge in [0.1, 0.15) is 0 Å². The minimum Gasteiger partial charge on any atom is -0.348 e. The van der Waals surface area contributed by atoms with Crippen molar-refractivity contribution in [1.29, 1.82) is 0 Å². The molecule has 1 atom stereocenters. The van der Waals surface area contributed by atoms with Gasteiger partial charge in [-0.25, -0.2) is 0 Å². The highest BCUT2D eigenvalue weighted by atomic mass is 35.5. The number of anilines is 1. The lowest BCUT2D eigenvalue weighted by molar-refractivity contribution is -0.116. The van der Waals surface area contributed by atoms with Crippen LogP contribution in [0.25, 0.3) is 0 Å². The largest absolute Gasteiger partial charge is 0.348 e. The van der Waals surface area contributed by atoms with Crippen molar-refractivity contribution in [3.8, 4) is 0 Å². The molecule has 1 aliphatic heterocycles. The molecule has 1 heterocycles. The van der Waals surface area contributed by atoms with E-state index in [1.807, 2.05) is 54.6 Å². The van der Waals surface area contributed by atoms with E-state index in [0.717, 1.165) is 21.7 Å². The minimum absolute atomic E-state index is 0.00206. The molecule has 4 rings (SSSR count). The Labute approximate surface area is 178 Å². The summed E-state index contributed by atoms with van der Waals surface area (Å²) in [5.41, 5.74) is 3.40. The van der Waals surface area contributed by atoms with Gasteiger partial charge in [0.25, 0.3) is 5.91 Å². The van der Waals surface area contributed by atoms with Crippen LogP contribution in [0.1, 0.15) is 33.2 Å². The second kappa shape index (κ2) is 8.72. The molecule has 0 aliphatic carbocycles. The van der Waals surface area contributed by atoms with Crippen LogP contribution in [-0.2, 0) is 11.3 Å². The van der Waals surface area contributed by atoms with Crippen molar-refractivity contribution in [3.05, 3.63) is 94.5 Å². The van der Waals surface area contributed by atoms with Crippen molar-refractivity contribution >= 4 is 40.9 Å². The number of carbonyl (C=O) groups excluding carboxylic acids is 2. The van der Waals surface area contributed by atoms with Crippen molar-refractivity contribution in [2.45, 2.75) is 23.1 Å². The predicted octanol–water partition coefficient (Wildman–Crippen LogP) is 5.45. The highest BCUT2D eigenvalue weighted by Gasteiger charge is 2.23. The van der Waals surface area contributed by atoms with Crippen LogP contribution in [-0.4, -0.2) is 11.8 Å². The summed E-state index contributed by atoms with van der Waals surface area (Å²) in [7, 11) is 0. The summed E-state index contributed by atoms with van der Waals surface area (Å²) < 4.78 is 0. The Morgan fingerprint density at radius 3 is 2.66 bits per heavy atom. The van der Waals surface area contributed by atoms with Crippen LogP contribution in [0.5, 0.6) is 0 Å². The number of hydrogen-bond donors (Lipinski definition) is 2. The van der Waals surface area contributed by atoms with E-state index in [1.165, 1.54) is 0 Å². The fraction of sp³-hybridized carbons (Fsp3) is 0.130. The van der Waals surface area contributed by atoms with E-state index < -0.39 is 0 Å². The van der Waals surface area contributed by atoms with Crippen molar-refractivity contribution in [2.24, 2.45) is 0 Å². The molecule has 1 unspecified atom stereocenters. The molecule has 0 saturated carbocycles. The molecule has 29 heavy (non-hydrogen) atoms. The number of rotatable bonds is 4. The fourth-order valence-corrected chi connectivity index (χ4v) is 4.65. The lowest BCUT2D eigenvalue weighted by atomic mass is 10.1. The van der Waals surface area contributed by atoms with Gasteiger partial charge in [0, 0.05) is 33.7 Å². The summed E-state index contributed by atoms with van der Waals surface area (Å²) in [6.07, 6.45) is 0.389. The first kappa shape index (κ1) is 19.6. The van der Waals surface area contributed by atoms with Crippen LogP contribution < -0.4 is 10.6 Å². The van der Waals surface area contributed by atoms with Crippen molar-refractivity contribution in [3.63, 3.8) is 0 Å². The van der Waals surface area contributed by atoms with Crippen LogP contribution in [0, 0.1) is 0 Å². The quantitative estimate of drug-likeness (QED) is 0.588. The first-order valence-corrected chi connectivity index (χ1v) is 10.5. The summed E-state index contributed by atoms with van der Waals surface area (Å²) in [5, 5.41) is 6.51. The Morgan fingerprint density at radius 1 is 1.07 bits per heavy atom. The molecule has 1 aliphatic rings. The first-order chi connectivity index (χ1) is 14.1. The van der Waals surface area contributed by atoms with E-state index in [0.29, 0.717) is 23.6 Å². The van der Waals surface area contributed by atoms with Crippen molar-refractivity contribution < 1.29 is 9.59 Å². The number of nitrogens with one attached hydrogen (secondary N) is 2. The van der Waals surface area contributed by atoms with Crippen molar-refractivity contribution in [1.82, 2.24) is 5.32 Å². The molecule has 6 heteroatoms. The van der Waals surface area contributed by atoms with E-state index in [4.69, 9.17) is 11.6 Å². The van der Waals surface area contributed by atoms with E-state index in [9.17, 15) is 9.59 Å². The molecule has 2 amide bonds. The van der Waals surface area contributed by atoms with E-state index in [1.54, 1.807) is 30.0 Å². The van der Waals surface area contributed by atoms with Gasteiger partial charge in [-0.15, -0.1) is 11.8 Å². The Bertz CT molecular complexity index is 1050. The highest BCUT2D eigenvalue weighted by Crippen LogP contribution is 2.43. The summed E-state index contributed by atoms with van der Waals surface area (Å²) in [6.45, 7) is 0.413. The number of amides is 2. The standard InChI is InChI=1S/C23H19ClN2O2S/c24-18-5-3-4-15(12-18)14-25-23(28)17-10-8-16(9-11-17)21-13-22(27)26-19-6-1-2-7-20(19)29-21/h1-12,21H,13-14H2,(H,25,28)(H,26,27). The maximum atomic E-state index is 12.4. The van der Waals surface area contributed by atoms with Gasteiger partial charge < -0.3 is 10.6 Å². The van der Waals surface area contributed by atoms with E-state index >= 15 is 0 Å². The van der Waals surface area contributed by atoms with Gasteiger partial charge in [0.15, 0.2) is 0 Å². The zero-order chi connectivity index (χ0) is 20.2. The van der Waals surface area contributed by atoms with Gasteiger partial charge in [-0.3, -0.25) is 9.59 Å². The number of para-hydroxylation sites is 1. The van der Waals surface area contributed by atoms with Gasteiger partial charge in [-0.05, 0) is 47.5 Å². The zero-order valence-electron chi connectivity index (χ0n) is 15.5. The molecule has 146 valence electrons. The zero-order valence-corrected chi connectivity index (χ0v) is 17.1. The molecule has 0 aromatic heterocycles. The van der Waals surface area contributed by atoms with Crippen LogP contribution in [0.4, 0.5) is 5.69 Å². The summed E-state index contributed by atoms with van der Waals surface area (Å²) in [5.74, 6) is -0.149. The third-order valence-electron chi connectivity index (χ3n) is 4.69. The maximum Gasteiger partial charge on any atom is 0.251 e. The second-order valence-electron chi connectivity index (χ2n) is 6.79. The SMILES string of the molecule is O=C1CC(c2ccc(C(=O)NCc3cccc(Cl)c3)cc2)Sc2ccccc2N1. The number of fused-ring (bicyclic) bond motifs is 1. The topological polar surface area (TPSA) is 58.2 Å². The third-order valence-corrected chi connectivity index (χ3v) is 6.26. The van der Waals surface area contributed by atoms with Gasteiger partial charge in [0.2, 0.25) is 5.91 Å². The molecule has 0 fully saturated rings. The number of carbonyl (C=O) groups is 2. The first-order valence-electron chi connectivity index (χ1n) is 9.26. The summed E-state index contributed by atoms with van der Waals surface area (Å²) >= 11 is 7.64. The molecule has 4 nitrogen and oxygen atoms in total. The lowest BCUT2D eigenvalue weighted by Crippen LogP contribution is -2.22. The van der Waals surface area contributed by atoms with Gasteiger partial charge in [-0.2, -0.15) is 0 Å². The maximum absolute atomic E-state index is 12.4. The van der Waals surface area contributed by atoms with Gasteiger partial charge >= 0.3 is 0 Å². The summed E-state index contributed by atoms with van der Waals surface area (Å²) in [6, 6.07) is 22.7. The average Bonchev–Trinajstić information content (AvgIpc) is 2.90. The van der Waals surface area contributed by atoms with E-state index in [2.05, 4.69) is 10.6 Å². The molecule has 2 N–H and O–H groups in total. The Balaban J connectivity index is 1.44. The molecular weight excluding hydrogens is 404 g/mol. The smallest absolute Gasteiger partial charge is 0.251 e. The lowest BCUT2D eigenvalue weighted by Gasteiger charge is -2.14. The predicted molar refractivity (Wildman–Crippen MR) is 117 cm³/mol. The van der Waals surface area contributed by atoms with Gasteiger partial charge in [0.05, 0.1) is 5.69 Å². The minimum atomic E-state index is -0.145. The fourth-order valence-electron chi connectivity index (χ4n) is 3.20. The second-order valence-corrected chi connectivity index (χ2v) is 8.47. The van der Waals surface area contributed by atoms with Crippen LogP contribution in [0.2, 0.25) is 5.02 Å². The average molecular weight is 423 g/mol. The molecule has 3 aromatic carbocycles. The number of hydrogen-bond acceptors (Lipinski definition) is 3. The molecule has 0 saturated heterocycles. The Hall–Kier alpha value is -2.76. The van der Waals surface area contributed by atoms with Crippen LogP contribution >= 0.6 is 23.4 Å². The Kier molecular flexibility index (Phi) is 5.88. The normalized spacial score (nSPS) is 15.8. The molecule has 0 bridgehead atoms. The molecule has 0 spiro atoms. The van der Waals surface area contributed by atoms with Crippen LogP contribution in [0.3, 0.4) is 0 Å².